The molecule has 1 aromatic heterocycles. The number of hydrogen-bond acceptors (Lipinski definition) is 4. The molecule has 170 valence electrons. The molecule has 0 N–H and O–H groups in total. The smallest absolute Gasteiger partial charge is 0.227 e. The SMILES string of the molecule is Cc1nn(-c2ccc(Cl)cc2Cl)c(C)c1CC(=O)N1CCCN(c2ccc(C#N)cc2)CC1. The van der Waals surface area contributed by atoms with E-state index in [1.165, 1.54) is 0 Å². The fourth-order valence-electron chi connectivity index (χ4n) is 4.25. The number of hydrogen-bond donors (Lipinski definition) is 0. The number of anilines is 1. The maximum absolute atomic E-state index is 13.2. The molecule has 1 aliphatic rings. The molecule has 0 aliphatic carbocycles. The van der Waals surface area contributed by atoms with Crippen molar-refractivity contribution < 1.29 is 4.79 Å². The van der Waals surface area contributed by atoms with E-state index in [4.69, 9.17) is 28.5 Å². The maximum atomic E-state index is 13.2. The van der Waals surface area contributed by atoms with Crippen molar-refractivity contribution in [1.82, 2.24) is 14.7 Å². The van der Waals surface area contributed by atoms with Crippen molar-refractivity contribution in [3.63, 3.8) is 0 Å². The van der Waals surface area contributed by atoms with E-state index in [1.807, 2.05) is 49.1 Å². The second-order valence-electron chi connectivity index (χ2n) is 8.21. The van der Waals surface area contributed by atoms with Crippen molar-refractivity contribution in [2.24, 2.45) is 0 Å². The number of carbonyl (C=O) groups excluding carboxylic acids is 1. The van der Waals surface area contributed by atoms with E-state index in [2.05, 4.69) is 16.1 Å². The van der Waals surface area contributed by atoms with Crippen LogP contribution in [-0.2, 0) is 11.2 Å². The van der Waals surface area contributed by atoms with Gasteiger partial charge in [-0.3, -0.25) is 4.79 Å². The molecule has 0 bridgehead atoms. The molecule has 1 saturated heterocycles. The third-order valence-electron chi connectivity index (χ3n) is 6.12. The molecule has 0 spiro atoms. The first-order valence-corrected chi connectivity index (χ1v) is 11.7. The second kappa shape index (κ2) is 9.86. The third kappa shape index (κ3) is 5.00. The van der Waals surface area contributed by atoms with Gasteiger partial charge in [-0.1, -0.05) is 23.2 Å². The number of aromatic nitrogens is 2. The number of benzene rings is 2. The molecule has 33 heavy (non-hydrogen) atoms. The molecule has 8 heteroatoms. The van der Waals surface area contributed by atoms with Crippen molar-refractivity contribution >= 4 is 34.8 Å². The number of nitriles is 1. The first kappa shape index (κ1) is 23.2. The van der Waals surface area contributed by atoms with Gasteiger partial charge in [0.25, 0.3) is 0 Å². The summed E-state index contributed by atoms with van der Waals surface area (Å²) >= 11 is 12.4. The van der Waals surface area contributed by atoms with E-state index in [1.54, 1.807) is 16.8 Å². The van der Waals surface area contributed by atoms with Gasteiger partial charge in [0.2, 0.25) is 5.91 Å². The lowest BCUT2D eigenvalue weighted by Crippen LogP contribution is -2.36. The Labute approximate surface area is 203 Å². The van der Waals surface area contributed by atoms with E-state index >= 15 is 0 Å². The Balaban J connectivity index is 1.46. The number of carbonyl (C=O) groups is 1. The normalized spacial score (nSPS) is 14.2. The van der Waals surface area contributed by atoms with Crippen LogP contribution in [-0.4, -0.2) is 46.8 Å². The second-order valence-corrected chi connectivity index (χ2v) is 9.06. The minimum absolute atomic E-state index is 0.102. The zero-order valence-corrected chi connectivity index (χ0v) is 20.2. The van der Waals surface area contributed by atoms with Crippen LogP contribution in [0.15, 0.2) is 42.5 Å². The lowest BCUT2D eigenvalue weighted by atomic mass is 10.1. The first-order chi connectivity index (χ1) is 15.9. The quantitative estimate of drug-likeness (QED) is 0.528. The highest BCUT2D eigenvalue weighted by Gasteiger charge is 2.23. The minimum Gasteiger partial charge on any atom is -0.370 e. The topological polar surface area (TPSA) is 65.2 Å². The van der Waals surface area contributed by atoms with Crippen LogP contribution in [0.25, 0.3) is 5.69 Å². The average molecular weight is 482 g/mol. The van der Waals surface area contributed by atoms with Crippen LogP contribution < -0.4 is 4.90 Å². The highest BCUT2D eigenvalue weighted by molar-refractivity contribution is 6.35. The predicted molar refractivity (Wildman–Crippen MR) is 131 cm³/mol. The lowest BCUT2D eigenvalue weighted by molar-refractivity contribution is -0.130. The Morgan fingerprint density at radius 3 is 2.52 bits per heavy atom. The van der Waals surface area contributed by atoms with Crippen molar-refractivity contribution in [3.8, 4) is 11.8 Å². The van der Waals surface area contributed by atoms with E-state index in [0.717, 1.165) is 54.4 Å². The van der Waals surface area contributed by atoms with Gasteiger partial charge in [0.05, 0.1) is 34.5 Å². The van der Waals surface area contributed by atoms with E-state index in [-0.39, 0.29) is 5.91 Å². The van der Waals surface area contributed by atoms with Crippen LogP contribution >= 0.6 is 23.2 Å². The fourth-order valence-corrected chi connectivity index (χ4v) is 4.74. The van der Waals surface area contributed by atoms with Crippen LogP contribution in [0.2, 0.25) is 10.0 Å². The Bertz CT molecular complexity index is 1210. The summed E-state index contributed by atoms with van der Waals surface area (Å²) in [7, 11) is 0. The molecule has 0 atom stereocenters. The van der Waals surface area contributed by atoms with Crippen LogP contribution in [0.3, 0.4) is 0 Å². The summed E-state index contributed by atoms with van der Waals surface area (Å²) in [6.07, 6.45) is 1.20. The predicted octanol–water partition coefficient (Wildman–Crippen LogP) is 4.95. The van der Waals surface area contributed by atoms with Gasteiger partial charge >= 0.3 is 0 Å². The Morgan fingerprint density at radius 2 is 1.82 bits per heavy atom. The molecule has 0 radical (unpaired) electrons. The van der Waals surface area contributed by atoms with Crippen molar-refractivity contribution in [1.29, 1.82) is 5.26 Å². The molecule has 0 unspecified atom stereocenters. The Hall–Kier alpha value is -3.01. The first-order valence-electron chi connectivity index (χ1n) is 10.9. The summed E-state index contributed by atoms with van der Waals surface area (Å²) in [6, 6.07) is 15.1. The van der Waals surface area contributed by atoms with Gasteiger partial charge in [0, 0.05) is 48.1 Å². The Morgan fingerprint density at radius 1 is 1.06 bits per heavy atom. The number of halogens is 2. The largest absolute Gasteiger partial charge is 0.370 e. The van der Waals surface area contributed by atoms with Gasteiger partial charge < -0.3 is 9.80 Å². The molecule has 4 rings (SSSR count). The molecule has 2 aromatic carbocycles. The van der Waals surface area contributed by atoms with Gasteiger partial charge in [-0.2, -0.15) is 10.4 Å². The van der Waals surface area contributed by atoms with Crippen LogP contribution in [0.1, 0.15) is 28.9 Å². The van der Waals surface area contributed by atoms with Crippen molar-refractivity contribution in [3.05, 3.63) is 75.0 Å². The van der Waals surface area contributed by atoms with E-state index < -0.39 is 0 Å². The summed E-state index contributed by atoms with van der Waals surface area (Å²) in [4.78, 5) is 17.4. The average Bonchev–Trinajstić information content (AvgIpc) is 2.98. The molecule has 2 heterocycles. The molecule has 0 saturated carbocycles. The Kier molecular flexibility index (Phi) is 6.92. The molecule has 3 aromatic rings. The molecular weight excluding hydrogens is 457 g/mol. The molecule has 1 fully saturated rings. The standard InChI is InChI=1S/C25H25Cl2N5O/c1-17-22(18(2)32(29-17)24-9-6-20(26)14-23(24)27)15-25(33)31-11-3-10-30(12-13-31)21-7-4-19(16-28)5-8-21/h4-9,14H,3,10-13,15H2,1-2H3. The fraction of sp³-hybridized carbons (Fsp3) is 0.320. The summed E-state index contributed by atoms with van der Waals surface area (Å²) < 4.78 is 1.78. The highest BCUT2D eigenvalue weighted by Crippen LogP contribution is 2.27. The monoisotopic (exact) mass is 481 g/mol. The van der Waals surface area contributed by atoms with Gasteiger partial charge in [-0.25, -0.2) is 4.68 Å². The van der Waals surface area contributed by atoms with E-state index in [0.29, 0.717) is 28.6 Å². The molecule has 6 nitrogen and oxygen atoms in total. The van der Waals surface area contributed by atoms with Crippen LogP contribution in [0, 0.1) is 25.2 Å². The van der Waals surface area contributed by atoms with Crippen molar-refractivity contribution in [2.45, 2.75) is 26.7 Å². The van der Waals surface area contributed by atoms with Crippen LogP contribution in [0.5, 0.6) is 0 Å². The van der Waals surface area contributed by atoms with Crippen molar-refractivity contribution in [2.75, 3.05) is 31.1 Å². The summed E-state index contributed by atoms with van der Waals surface area (Å²) in [5.41, 5.74) is 5.13. The summed E-state index contributed by atoms with van der Waals surface area (Å²) in [6.45, 7) is 6.90. The lowest BCUT2D eigenvalue weighted by Gasteiger charge is -2.24. The zero-order valence-electron chi connectivity index (χ0n) is 18.7. The number of amides is 1. The van der Waals surface area contributed by atoms with E-state index in [9.17, 15) is 4.79 Å². The molecule has 1 amide bonds. The third-order valence-corrected chi connectivity index (χ3v) is 6.66. The maximum Gasteiger partial charge on any atom is 0.227 e. The number of aryl methyl sites for hydroxylation is 1. The minimum atomic E-state index is 0.102. The zero-order chi connectivity index (χ0) is 23.5. The van der Waals surface area contributed by atoms with Gasteiger partial charge in [-0.15, -0.1) is 0 Å². The number of nitrogens with zero attached hydrogens (tertiary/aromatic N) is 5. The van der Waals surface area contributed by atoms with Gasteiger partial charge in [0.15, 0.2) is 0 Å². The van der Waals surface area contributed by atoms with Gasteiger partial charge in [0.1, 0.15) is 0 Å². The number of rotatable bonds is 4. The molecule has 1 aliphatic heterocycles. The summed E-state index contributed by atoms with van der Waals surface area (Å²) in [5.74, 6) is 0.102. The summed E-state index contributed by atoms with van der Waals surface area (Å²) in [5, 5.41) is 14.7. The molecular formula is C25H25Cl2N5O. The van der Waals surface area contributed by atoms with Crippen LogP contribution in [0.4, 0.5) is 5.69 Å². The van der Waals surface area contributed by atoms with Gasteiger partial charge in [-0.05, 0) is 62.7 Å². The highest BCUT2D eigenvalue weighted by atomic mass is 35.5.